The standard InChI is InChI=1S/C17H29I/c1-6-7-9-15(4)10-8-11-16(5)13-17(18)12-14(2)3/h9,11-12,17H,6-8,10,13H2,1-5H3. The van der Waals surface area contributed by atoms with Crippen molar-refractivity contribution in [2.45, 2.75) is 70.6 Å². The van der Waals surface area contributed by atoms with Crippen molar-refractivity contribution in [3.8, 4) is 0 Å². The lowest BCUT2D eigenvalue weighted by atomic mass is 10.1. The van der Waals surface area contributed by atoms with Crippen LogP contribution in [0.15, 0.2) is 34.9 Å². The second-order valence-electron chi connectivity index (χ2n) is 5.39. The summed E-state index contributed by atoms with van der Waals surface area (Å²) in [6.45, 7) is 11.1. The van der Waals surface area contributed by atoms with Crippen molar-refractivity contribution in [3.05, 3.63) is 34.9 Å². The van der Waals surface area contributed by atoms with Crippen LogP contribution in [0.4, 0.5) is 0 Å². The van der Waals surface area contributed by atoms with Crippen molar-refractivity contribution < 1.29 is 0 Å². The molecule has 0 aromatic rings. The molecule has 0 nitrogen and oxygen atoms in total. The van der Waals surface area contributed by atoms with Gasteiger partial charge in [0.15, 0.2) is 0 Å². The summed E-state index contributed by atoms with van der Waals surface area (Å²) in [5, 5.41) is 0. The first-order chi connectivity index (χ1) is 8.45. The van der Waals surface area contributed by atoms with E-state index in [1.165, 1.54) is 48.8 Å². The Morgan fingerprint density at radius 1 is 1.00 bits per heavy atom. The average molecular weight is 360 g/mol. The molecule has 104 valence electrons. The monoisotopic (exact) mass is 360 g/mol. The van der Waals surface area contributed by atoms with Gasteiger partial charge in [0.1, 0.15) is 0 Å². The van der Waals surface area contributed by atoms with Crippen LogP contribution >= 0.6 is 22.6 Å². The molecule has 0 aliphatic heterocycles. The summed E-state index contributed by atoms with van der Waals surface area (Å²) in [4.78, 5) is 0. The molecule has 0 rings (SSSR count). The molecule has 1 unspecified atom stereocenters. The van der Waals surface area contributed by atoms with Gasteiger partial charge in [0.25, 0.3) is 0 Å². The Morgan fingerprint density at radius 2 is 1.61 bits per heavy atom. The van der Waals surface area contributed by atoms with Crippen LogP contribution in [0.3, 0.4) is 0 Å². The predicted molar refractivity (Wildman–Crippen MR) is 93.5 cm³/mol. The zero-order valence-corrected chi connectivity index (χ0v) is 14.9. The maximum Gasteiger partial charge on any atom is 0.0328 e. The molecule has 0 heterocycles. The van der Waals surface area contributed by atoms with E-state index >= 15 is 0 Å². The highest BCUT2D eigenvalue weighted by molar-refractivity contribution is 14.1. The van der Waals surface area contributed by atoms with Crippen molar-refractivity contribution in [1.82, 2.24) is 0 Å². The lowest BCUT2D eigenvalue weighted by Crippen LogP contribution is -1.94. The van der Waals surface area contributed by atoms with Crippen molar-refractivity contribution in [2.75, 3.05) is 0 Å². The zero-order chi connectivity index (χ0) is 14.0. The van der Waals surface area contributed by atoms with Crippen molar-refractivity contribution in [2.24, 2.45) is 0 Å². The van der Waals surface area contributed by atoms with Gasteiger partial charge in [0.2, 0.25) is 0 Å². The van der Waals surface area contributed by atoms with Gasteiger partial charge in [-0.05, 0) is 53.4 Å². The minimum absolute atomic E-state index is 0.639. The molecule has 18 heavy (non-hydrogen) atoms. The third-order valence-electron chi connectivity index (χ3n) is 2.84. The number of hydrogen-bond acceptors (Lipinski definition) is 0. The molecule has 0 radical (unpaired) electrons. The van der Waals surface area contributed by atoms with E-state index in [1.807, 2.05) is 0 Å². The SMILES string of the molecule is CCCC=C(C)CCC=C(C)CC(I)C=C(C)C. The van der Waals surface area contributed by atoms with Gasteiger partial charge in [-0.15, -0.1) is 0 Å². The highest BCUT2D eigenvalue weighted by atomic mass is 127. The molecule has 0 aromatic carbocycles. The molecular weight excluding hydrogens is 331 g/mol. The average Bonchev–Trinajstić information content (AvgIpc) is 2.24. The highest BCUT2D eigenvalue weighted by Gasteiger charge is 2.00. The number of hydrogen-bond donors (Lipinski definition) is 0. The summed E-state index contributed by atoms with van der Waals surface area (Å²) in [5.41, 5.74) is 4.48. The highest BCUT2D eigenvalue weighted by Crippen LogP contribution is 2.17. The van der Waals surface area contributed by atoms with Crippen LogP contribution in [0.2, 0.25) is 0 Å². The van der Waals surface area contributed by atoms with E-state index in [9.17, 15) is 0 Å². The molecular formula is C17H29I. The van der Waals surface area contributed by atoms with Gasteiger partial charge < -0.3 is 0 Å². The van der Waals surface area contributed by atoms with Crippen LogP contribution in [0.1, 0.15) is 66.7 Å². The summed E-state index contributed by atoms with van der Waals surface area (Å²) < 4.78 is 0.639. The lowest BCUT2D eigenvalue weighted by Gasteiger charge is -2.06. The van der Waals surface area contributed by atoms with E-state index in [1.54, 1.807) is 0 Å². The Hall–Kier alpha value is -0.0500. The predicted octanol–water partition coefficient (Wildman–Crippen LogP) is 6.62. The molecule has 1 heteroatoms. The van der Waals surface area contributed by atoms with Gasteiger partial charge >= 0.3 is 0 Å². The lowest BCUT2D eigenvalue weighted by molar-refractivity contribution is 0.900. The summed E-state index contributed by atoms with van der Waals surface area (Å²) in [5.74, 6) is 0. The van der Waals surface area contributed by atoms with Crippen molar-refractivity contribution >= 4 is 22.6 Å². The molecule has 0 aromatic heterocycles. The summed E-state index contributed by atoms with van der Waals surface area (Å²) >= 11 is 2.53. The Morgan fingerprint density at radius 3 is 2.17 bits per heavy atom. The van der Waals surface area contributed by atoms with Crippen molar-refractivity contribution in [1.29, 1.82) is 0 Å². The van der Waals surface area contributed by atoms with E-state index in [0.717, 1.165) is 0 Å². The second-order valence-corrected chi connectivity index (χ2v) is 6.99. The molecule has 0 fully saturated rings. The number of rotatable bonds is 8. The molecule has 0 saturated heterocycles. The van der Waals surface area contributed by atoms with Gasteiger partial charge in [-0.3, -0.25) is 0 Å². The quantitative estimate of drug-likeness (QED) is 0.259. The molecule has 0 aliphatic carbocycles. The Kier molecular flexibility index (Phi) is 10.8. The van der Waals surface area contributed by atoms with Crippen LogP contribution < -0.4 is 0 Å². The molecule has 1 atom stereocenters. The fourth-order valence-corrected chi connectivity index (χ4v) is 3.26. The maximum absolute atomic E-state index is 2.53. The molecule has 0 saturated carbocycles. The largest absolute Gasteiger partial charge is 0.0856 e. The van der Waals surface area contributed by atoms with Gasteiger partial charge in [0, 0.05) is 3.92 Å². The van der Waals surface area contributed by atoms with Crippen LogP contribution in [-0.2, 0) is 0 Å². The maximum atomic E-state index is 2.53. The van der Waals surface area contributed by atoms with E-state index in [4.69, 9.17) is 0 Å². The zero-order valence-electron chi connectivity index (χ0n) is 12.7. The molecule has 0 spiro atoms. The third-order valence-corrected chi connectivity index (χ3v) is 3.64. The Bertz CT molecular complexity index is 304. The third kappa shape index (κ3) is 11.1. The van der Waals surface area contributed by atoms with Crippen LogP contribution in [0.5, 0.6) is 0 Å². The summed E-state index contributed by atoms with van der Waals surface area (Å²) in [7, 11) is 0. The number of allylic oxidation sites excluding steroid dienone is 6. The molecule has 0 aliphatic rings. The van der Waals surface area contributed by atoms with Gasteiger partial charge in [-0.2, -0.15) is 0 Å². The topological polar surface area (TPSA) is 0 Å². The normalized spacial score (nSPS) is 14.6. The fraction of sp³-hybridized carbons (Fsp3) is 0.647. The minimum Gasteiger partial charge on any atom is -0.0856 e. The molecule has 0 N–H and O–H groups in total. The number of alkyl halides is 1. The van der Waals surface area contributed by atoms with Crippen LogP contribution in [0.25, 0.3) is 0 Å². The van der Waals surface area contributed by atoms with E-state index in [0.29, 0.717) is 3.92 Å². The first-order valence-corrected chi connectivity index (χ1v) is 8.30. The molecule has 0 bridgehead atoms. The first-order valence-electron chi connectivity index (χ1n) is 7.06. The summed E-state index contributed by atoms with van der Waals surface area (Å²) in [6.07, 6.45) is 13.2. The van der Waals surface area contributed by atoms with E-state index < -0.39 is 0 Å². The number of unbranched alkanes of at least 4 members (excludes halogenated alkanes) is 1. The number of halogens is 1. The fourth-order valence-electron chi connectivity index (χ4n) is 1.85. The first kappa shape index (κ1) is 17.9. The van der Waals surface area contributed by atoms with E-state index in [2.05, 4.69) is 75.4 Å². The smallest absolute Gasteiger partial charge is 0.0328 e. The minimum atomic E-state index is 0.639. The second kappa shape index (κ2) is 10.8. The Balaban J connectivity index is 4.01. The van der Waals surface area contributed by atoms with Gasteiger partial charge in [0.05, 0.1) is 0 Å². The van der Waals surface area contributed by atoms with Gasteiger partial charge in [-0.25, -0.2) is 0 Å². The van der Waals surface area contributed by atoms with Crippen LogP contribution in [0, 0.1) is 0 Å². The molecule has 0 amide bonds. The van der Waals surface area contributed by atoms with E-state index in [-0.39, 0.29) is 0 Å². The van der Waals surface area contributed by atoms with Crippen molar-refractivity contribution in [3.63, 3.8) is 0 Å². The summed E-state index contributed by atoms with van der Waals surface area (Å²) in [6, 6.07) is 0. The van der Waals surface area contributed by atoms with Crippen LogP contribution in [-0.4, -0.2) is 3.92 Å². The van der Waals surface area contributed by atoms with Gasteiger partial charge in [-0.1, -0.05) is 70.9 Å². The Labute approximate surface area is 128 Å².